The molecule has 1 aliphatic rings. The lowest BCUT2D eigenvalue weighted by Crippen LogP contribution is -2.40. The van der Waals surface area contributed by atoms with Crippen LogP contribution in [0, 0.1) is 0 Å². The Balaban J connectivity index is 2.12. The van der Waals surface area contributed by atoms with Crippen LogP contribution in [0.15, 0.2) is 0 Å². The maximum atomic E-state index is 11.9. The molecular weight excluding hydrogens is 239 g/mol. The molecule has 0 aromatic rings. The first kappa shape index (κ1) is 14.2. The number of hydrogen-bond donors (Lipinski definition) is 2. The number of aliphatic hydroxyl groups excluding tert-OH is 1. The van der Waals surface area contributed by atoms with Crippen LogP contribution in [0.5, 0.6) is 0 Å². The molecule has 100 valence electrons. The molecule has 7 heteroatoms. The van der Waals surface area contributed by atoms with Crippen LogP contribution in [0.2, 0.25) is 0 Å². The average molecular weight is 255 g/mol. The zero-order chi connectivity index (χ0) is 12.9. The van der Waals surface area contributed by atoms with E-state index in [0.29, 0.717) is 13.0 Å². The van der Waals surface area contributed by atoms with E-state index in [9.17, 15) is 18.0 Å². The lowest BCUT2D eigenvalue weighted by Gasteiger charge is -2.15. The van der Waals surface area contributed by atoms with Gasteiger partial charge in [0.25, 0.3) is 0 Å². The predicted molar refractivity (Wildman–Crippen MR) is 53.3 cm³/mol. The summed E-state index contributed by atoms with van der Waals surface area (Å²) in [5, 5.41) is 10.7. The van der Waals surface area contributed by atoms with E-state index in [1.54, 1.807) is 0 Å². The molecule has 1 aliphatic heterocycles. The van der Waals surface area contributed by atoms with Gasteiger partial charge in [-0.25, -0.2) is 0 Å². The van der Waals surface area contributed by atoms with Crippen molar-refractivity contribution in [2.45, 2.75) is 44.1 Å². The van der Waals surface area contributed by atoms with Gasteiger partial charge in [0.05, 0.1) is 12.6 Å². The molecule has 0 bridgehead atoms. The van der Waals surface area contributed by atoms with Gasteiger partial charge in [0, 0.05) is 13.0 Å². The van der Waals surface area contributed by atoms with Crippen molar-refractivity contribution in [3.05, 3.63) is 0 Å². The number of hydrogen-bond acceptors (Lipinski definition) is 3. The number of nitrogens with one attached hydrogen (secondary N) is 1. The Morgan fingerprint density at radius 3 is 2.76 bits per heavy atom. The number of carbonyl (C=O) groups is 1. The van der Waals surface area contributed by atoms with Gasteiger partial charge in [-0.05, 0) is 19.3 Å². The maximum absolute atomic E-state index is 11.9. The molecule has 4 nitrogen and oxygen atoms in total. The fourth-order valence-electron chi connectivity index (χ4n) is 1.58. The molecule has 0 saturated carbocycles. The van der Waals surface area contributed by atoms with Crippen LogP contribution >= 0.6 is 0 Å². The van der Waals surface area contributed by atoms with Gasteiger partial charge >= 0.3 is 6.18 Å². The summed E-state index contributed by atoms with van der Waals surface area (Å²) in [6, 6.07) is 0. The number of alkyl halides is 3. The van der Waals surface area contributed by atoms with Crippen molar-refractivity contribution in [3.8, 4) is 0 Å². The highest BCUT2D eigenvalue weighted by atomic mass is 19.4. The third-order valence-electron chi connectivity index (χ3n) is 2.59. The second-order valence-electron chi connectivity index (χ2n) is 4.04. The minimum atomic E-state index is -4.69. The standard InChI is InChI=1S/C10H16F3NO3/c11-10(12,13)8(15)6-14-9(16)4-3-7-2-1-5-17-7/h7-8,15H,1-6H2,(H,14,16). The fraction of sp³-hybridized carbons (Fsp3) is 0.900. The smallest absolute Gasteiger partial charge is 0.382 e. The summed E-state index contributed by atoms with van der Waals surface area (Å²) in [5.74, 6) is -0.496. The van der Waals surface area contributed by atoms with E-state index < -0.39 is 24.7 Å². The summed E-state index contributed by atoms with van der Waals surface area (Å²) in [6.45, 7) is -0.118. The topological polar surface area (TPSA) is 58.6 Å². The Bertz CT molecular complexity index is 252. The second-order valence-corrected chi connectivity index (χ2v) is 4.04. The molecule has 2 atom stereocenters. The fourth-order valence-corrected chi connectivity index (χ4v) is 1.58. The van der Waals surface area contributed by atoms with E-state index in [2.05, 4.69) is 0 Å². The zero-order valence-electron chi connectivity index (χ0n) is 9.29. The highest BCUT2D eigenvalue weighted by Crippen LogP contribution is 2.19. The number of aliphatic hydroxyl groups is 1. The van der Waals surface area contributed by atoms with Crippen LogP contribution in [0.1, 0.15) is 25.7 Å². The Labute approximate surface area is 97.1 Å². The van der Waals surface area contributed by atoms with E-state index in [-0.39, 0.29) is 12.5 Å². The van der Waals surface area contributed by atoms with Crippen LogP contribution in [0.3, 0.4) is 0 Å². The quantitative estimate of drug-likeness (QED) is 0.770. The molecule has 1 fully saturated rings. The van der Waals surface area contributed by atoms with Gasteiger partial charge in [0.15, 0.2) is 6.10 Å². The van der Waals surface area contributed by atoms with Gasteiger partial charge in [0.2, 0.25) is 5.91 Å². The third-order valence-corrected chi connectivity index (χ3v) is 2.59. The highest BCUT2D eigenvalue weighted by molar-refractivity contribution is 5.75. The number of carbonyl (C=O) groups excluding carboxylic acids is 1. The average Bonchev–Trinajstić information content (AvgIpc) is 2.74. The van der Waals surface area contributed by atoms with E-state index in [0.717, 1.165) is 12.8 Å². The van der Waals surface area contributed by atoms with E-state index >= 15 is 0 Å². The molecule has 0 aromatic heterocycles. The van der Waals surface area contributed by atoms with Crippen molar-refractivity contribution in [2.75, 3.05) is 13.2 Å². The predicted octanol–water partition coefficient (Wildman–Crippen LogP) is 0.985. The van der Waals surface area contributed by atoms with Crippen molar-refractivity contribution in [3.63, 3.8) is 0 Å². The van der Waals surface area contributed by atoms with Crippen LogP contribution in [-0.4, -0.2) is 42.5 Å². The number of rotatable bonds is 5. The molecule has 17 heavy (non-hydrogen) atoms. The van der Waals surface area contributed by atoms with Crippen LogP contribution in [0.4, 0.5) is 13.2 Å². The molecule has 1 heterocycles. The van der Waals surface area contributed by atoms with Crippen LogP contribution < -0.4 is 5.32 Å². The molecule has 1 amide bonds. The van der Waals surface area contributed by atoms with E-state index in [1.165, 1.54) is 0 Å². The Hall–Kier alpha value is -0.820. The van der Waals surface area contributed by atoms with Crippen molar-refractivity contribution in [1.29, 1.82) is 0 Å². The van der Waals surface area contributed by atoms with Gasteiger partial charge < -0.3 is 15.2 Å². The Morgan fingerprint density at radius 1 is 1.53 bits per heavy atom. The molecule has 2 N–H and O–H groups in total. The molecule has 1 rings (SSSR count). The Kier molecular flexibility index (Phi) is 5.20. The molecule has 0 radical (unpaired) electrons. The summed E-state index contributed by atoms with van der Waals surface area (Å²) >= 11 is 0. The number of ether oxygens (including phenoxy) is 1. The minimum absolute atomic E-state index is 0.0355. The van der Waals surface area contributed by atoms with Gasteiger partial charge in [0.1, 0.15) is 0 Å². The van der Waals surface area contributed by atoms with Gasteiger partial charge in [-0.2, -0.15) is 13.2 Å². The monoisotopic (exact) mass is 255 g/mol. The minimum Gasteiger partial charge on any atom is -0.382 e. The normalized spacial score (nSPS) is 22.5. The third kappa shape index (κ3) is 5.36. The SMILES string of the molecule is O=C(CCC1CCCO1)NCC(O)C(F)(F)F. The summed E-state index contributed by atoms with van der Waals surface area (Å²) in [4.78, 5) is 11.2. The summed E-state index contributed by atoms with van der Waals surface area (Å²) in [6.07, 6.45) is -4.69. The van der Waals surface area contributed by atoms with Gasteiger partial charge in [-0.1, -0.05) is 0 Å². The lowest BCUT2D eigenvalue weighted by atomic mass is 10.1. The van der Waals surface area contributed by atoms with Crippen molar-refractivity contribution in [2.24, 2.45) is 0 Å². The van der Waals surface area contributed by atoms with Crippen molar-refractivity contribution >= 4 is 5.91 Å². The van der Waals surface area contributed by atoms with Crippen molar-refractivity contribution in [1.82, 2.24) is 5.32 Å². The highest BCUT2D eigenvalue weighted by Gasteiger charge is 2.38. The number of amides is 1. The second kappa shape index (κ2) is 6.20. The summed E-state index contributed by atoms with van der Waals surface area (Å²) < 4.78 is 41.0. The first-order valence-corrected chi connectivity index (χ1v) is 5.52. The number of halogens is 3. The van der Waals surface area contributed by atoms with Crippen LogP contribution in [-0.2, 0) is 9.53 Å². The lowest BCUT2D eigenvalue weighted by molar-refractivity contribution is -0.201. The maximum Gasteiger partial charge on any atom is 0.416 e. The first-order chi connectivity index (χ1) is 7.89. The Morgan fingerprint density at radius 2 is 2.24 bits per heavy atom. The van der Waals surface area contributed by atoms with Gasteiger partial charge in [-0.3, -0.25) is 4.79 Å². The largest absolute Gasteiger partial charge is 0.416 e. The summed E-state index contributed by atoms with van der Waals surface area (Å²) in [7, 11) is 0. The van der Waals surface area contributed by atoms with E-state index in [4.69, 9.17) is 9.84 Å². The van der Waals surface area contributed by atoms with Crippen molar-refractivity contribution < 1.29 is 27.8 Å². The summed E-state index contributed by atoms with van der Waals surface area (Å²) in [5.41, 5.74) is 0. The van der Waals surface area contributed by atoms with Gasteiger partial charge in [-0.15, -0.1) is 0 Å². The first-order valence-electron chi connectivity index (χ1n) is 5.52. The molecule has 0 aliphatic carbocycles. The zero-order valence-corrected chi connectivity index (χ0v) is 9.29. The molecule has 2 unspecified atom stereocenters. The molecule has 1 saturated heterocycles. The molecule has 0 spiro atoms. The molecule has 0 aromatic carbocycles. The molecular formula is C10H16F3NO3. The van der Waals surface area contributed by atoms with Crippen LogP contribution in [0.25, 0.3) is 0 Å². The van der Waals surface area contributed by atoms with E-state index in [1.807, 2.05) is 5.32 Å².